The number of amides is 1. The molecule has 1 aliphatic heterocycles. The van der Waals surface area contributed by atoms with Gasteiger partial charge in [-0.05, 0) is 50.1 Å². The summed E-state index contributed by atoms with van der Waals surface area (Å²) < 4.78 is 0. The molecule has 200 valence electrons. The second-order valence-electron chi connectivity index (χ2n) is 9.60. The van der Waals surface area contributed by atoms with E-state index in [-0.39, 0.29) is 5.91 Å². The van der Waals surface area contributed by atoms with Gasteiger partial charge in [0.1, 0.15) is 6.29 Å². The topological polar surface area (TPSA) is 81.7 Å². The van der Waals surface area contributed by atoms with E-state index in [2.05, 4.69) is 39.3 Å². The zero-order valence-electron chi connectivity index (χ0n) is 23.2. The quantitative estimate of drug-likeness (QED) is 0.292. The van der Waals surface area contributed by atoms with Crippen LogP contribution in [0.25, 0.3) is 11.6 Å². The summed E-state index contributed by atoms with van der Waals surface area (Å²) >= 11 is 0. The summed E-state index contributed by atoms with van der Waals surface area (Å²) in [6.07, 6.45) is 14.9. The molecular weight excluding hydrogens is 476 g/mol. The molecule has 2 aromatic heterocycles. The van der Waals surface area contributed by atoms with Crippen molar-refractivity contribution in [2.75, 3.05) is 52.7 Å². The molecule has 0 aromatic carbocycles. The van der Waals surface area contributed by atoms with Gasteiger partial charge in [-0.2, -0.15) is 0 Å². The van der Waals surface area contributed by atoms with Gasteiger partial charge in [0.25, 0.3) is 5.91 Å². The molecule has 1 amide bonds. The molecule has 0 bridgehead atoms. The number of aryl methyl sites for hydroxylation is 1. The molecule has 0 saturated heterocycles. The summed E-state index contributed by atoms with van der Waals surface area (Å²) in [6.45, 7) is 6.81. The van der Waals surface area contributed by atoms with Crippen molar-refractivity contribution in [1.29, 1.82) is 0 Å². The molecule has 8 heteroatoms. The average molecular weight is 515 g/mol. The van der Waals surface area contributed by atoms with Crippen molar-refractivity contribution in [3.8, 4) is 0 Å². The smallest absolute Gasteiger partial charge is 0.254 e. The van der Waals surface area contributed by atoms with Gasteiger partial charge >= 0.3 is 0 Å². The fourth-order valence-corrected chi connectivity index (χ4v) is 4.32. The number of likely N-dealkylation sites (N-methyl/N-ethyl adjacent to an activating group) is 1. The van der Waals surface area contributed by atoms with Gasteiger partial charge in [-0.15, -0.1) is 0 Å². The first-order valence-corrected chi connectivity index (χ1v) is 12.7. The highest BCUT2D eigenvalue weighted by Gasteiger charge is 2.16. The van der Waals surface area contributed by atoms with Gasteiger partial charge in [-0.25, -0.2) is 0 Å². The number of allylic oxidation sites excluding steroid dienone is 2. The fraction of sp³-hybridized carbons (Fsp3) is 0.333. The van der Waals surface area contributed by atoms with Gasteiger partial charge in [0.15, 0.2) is 0 Å². The van der Waals surface area contributed by atoms with Crippen molar-refractivity contribution in [3.05, 3.63) is 88.8 Å². The molecule has 0 aliphatic carbocycles. The second kappa shape index (κ2) is 13.5. The van der Waals surface area contributed by atoms with E-state index in [0.29, 0.717) is 5.56 Å². The second-order valence-corrected chi connectivity index (χ2v) is 9.60. The minimum absolute atomic E-state index is 0.0400. The highest BCUT2D eigenvalue weighted by molar-refractivity contribution is 5.93. The standard InChI is InChI=1S/C30H38N6O2/c1-22(19-27-23(2)32-14-9-29(27)35(6)15-12-26(31-3)13-18-37)21-36-16-10-24(11-17-36)28-8-7-25(20-33-28)30(38)34(4)5/h7-10,12-15,18-20,31H,11,16-17,21H2,1-6H3/b15-12-,22-19+,26-13+. The Balaban J connectivity index is 1.69. The Morgan fingerprint density at radius 1 is 1.18 bits per heavy atom. The van der Waals surface area contributed by atoms with Crippen LogP contribution in [-0.2, 0) is 4.79 Å². The van der Waals surface area contributed by atoms with E-state index in [0.717, 1.165) is 60.7 Å². The molecule has 3 heterocycles. The Hall–Kier alpha value is -4.04. The first kappa shape index (κ1) is 28.5. The number of anilines is 1. The van der Waals surface area contributed by atoms with Gasteiger partial charge in [0.2, 0.25) is 0 Å². The summed E-state index contributed by atoms with van der Waals surface area (Å²) in [6, 6.07) is 5.79. The monoisotopic (exact) mass is 514 g/mol. The third-order valence-electron chi connectivity index (χ3n) is 6.46. The number of rotatable bonds is 10. The molecule has 0 atom stereocenters. The Kier molecular flexibility index (Phi) is 10.1. The third kappa shape index (κ3) is 7.49. The SMILES string of the molecule is CNC(/C=C\N(C)c1ccnc(C)c1/C=C(\C)CN1CC=C(c2ccc(C(=O)N(C)C)cn2)CC1)=C/C=O. The lowest BCUT2D eigenvalue weighted by molar-refractivity contribution is -0.104. The van der Waals surface area contributed by atoms with Crippen LogP contribution >= 0.6 is 0 Å². The third-order valence-corrected chi connectivity index (χ3v) is 6.46. The van der Waals surface area contributed by atoms with Crippen molar-refractivity contribution >= 4 is 29.5 Å². The zero-order chi connectivity index (χ0) is 27.7. The fourth-order valence-electron chi connectivity index (χ4n) is 4.32. The Labute approximate surface area is 226 Å². The predicted octanol–water partition coefficient (Wildman–Crippen LogP) is 3.93. The molecule has 0 radical (unpaired) electrons. The van der Waals surface area contributed by atoms with Crippen molar-refractivity contribution in [2.45, 2.75) is 20.3 Å². The van der Waals surface area contributed by atoms with E-state index in [9.17, 15) is 9.59 Å². The molecule has 0 unspecified atom stereocenters. The van der Waals surface area contributed by atoms with Crippen LogP contribution < -0.4 is 10.2 Å². The minimum Gasteiger partial charge on any atom is -0.388 e. The molecule has 1 N–H and O–H groups in total. The Morgan fingerprint density at radius 2 is 1.97 bits per heavy atom. The van der Waals surface area contributed by atoms with Crippen molar-refractivity contribution in [1.82, 2.24) is 25.1 Å². The minimum atomic E-state index is -0.0400. The number of aldehydes is 1. The number of nitrogens with zero attached hydrogens (tertiary/aromatic N) is 5. The van der Waals surface area contributed by atoms with E-state index in [4.69, 9.17) is 0 Å². The number of hydrogen-bond donors (Lipinski definition) is 1. The molecule has 3 rings (SSSR count). The van der Waals surface area contributed by atoms with Crippen LogP contribution in [0.15, 0.2) is 66.3 Å². The number of hydrogen-bond acceptors (Lipinski definition) is 7. The molecule has 0 spiro atoms. The van der Waals surface area contributed by atoms with Crippen molar-refractivity contribution in [2.24, 2.45) is 0 Å². The van der Waals surface area contributed by atoms with Crippen LogP contribution in [0, 0.1) is 6.92 Å². The number of nitrogens with one attached hydrogen (secondary N) is 1. The molecular formula is C30H38N6O2. The number of pyridine rings is 2. The van der Waals surface area contributed by atoms with E-state index in [1.54, 1.807) is 32.2 Å². The van der Waals surface area contributed by atoms with Crippen molar-refractivity contribution < 1.29 is 9.59 Å². The van der Waals surface area contributed by atoms with Crippen LogP contribution in [0.5, 0.6) is 0 Å². The highest BCUT2D eigenvalue weighted by atomic mass is 16.2. The van der Waals surface area contributed by atoms with Gasteiger partial charge in [-0.1, -0.05) is 17.7 Å². The average Bonchev–Trinajstić information content (AvgIpc) is 2.92. The van der Waals surface area contributed by atoms with Gasteiger partial charge in [-0.3, -0.25) is 24.5 Å². The first-order valence-electron chi connectivity index (χ1n) is 12.7. The lowest BCUT2D eigenvalue weighted by atomic mass is 10.0. The van der Waals surface area contributed by atoms with Gasteiger partial charge < -0.3 is 15.1 Å². The lowest BCUT2D eigenvalue weighted by Gasteiger charge is -2.27. The number of carbonyl (C=O) groups excluding carboxylic acids is 2. The number of carbonyl (C=O) groups is 2. The van der Waals surface area contributed by atoms with E-state index >= 15 is 0 Å². The van der Waals surface area contributed by atoms with Gasteiger partial charge in [0.05, 0.1) is 16.9 Å². The largest absolute Gasteiger partial charge is 0.388 e. The Bertz CT molecular complexity index is 1260. The first-order chi connectivity index (χ1) is 18.2. The van der Waals surface area contributed by atoms with E-state index in [1.165, 1.54) is 17.2 Å². The van der Waals surface area contributed by atoms with Crippen LogP contribution in [0.4, 0.5) is 5.69 Å². The maximum Gasteiger partial charge on any atom is 0.254 e. The summed E-state index contributed by atoms with van der Waals surface area (Å²) in [5.41, 5.74) is 7.81. The maximum atomic E-state index is 12.1. The lowest BCUT2D eigenvalue weighted by Crippen LogP contribution is -2.30. The van der Waals surface area contributed by atoms with Crippen LogP contribution in [0.2, 0.25) is 0 Å². The molecule has 2 aromatic rings. The zero-order valence-corrected chi connectivity index (χ0v) is 23.2. The molecule has 0 fully saturated rings. The summed E-state index contributed by atoms with van der Waals surface area (Å²) in [4.78, 5) is 38.0. The van der Waals surface area contributed by atoms with E-state index in [1.807, 2.05) is 55.5 Å². The van der Waals surface area contributed by atoms with Gasteiger partial charge in [0, 0.05) is 89.4 Å². The summed E-state index contributed by atoms with van der Waals surface area (Å²) in [5, 5.41) is 3.00. The number of aromatic nitrogens is 2. The molecule has 8 nitrogen and oxygen atoms in total. The normalized spacial score (nSPS) is 14.8. The molecule has 1 aliphatic rings. The van der Waals surface area contributed by atoms with Crippen molar-refractivity contribution in [3.63, 3.8) is 0 Å². The van der Waals surface area contributed by atoms with Crippen LogP contribution in [0.3, 0.4) is 0 Å². The summed E-state index contributed by atoms with van der Waals surface area (Å²) in [5.74, 6) is -0.0400. The highest BCUT2D eigenvalue weighted by Crippen LogP contribution is 2.26. The summed E-state index contributed by atoms with van der Waals surface area (Å²) in [7, 11) is 7.26. The predicted molar refractivity (Wildman–Crippen MR) is 155 cm³/mol. The Morgan fingerprint density at radius 3 is 2.58 bits per heavy atom. The van der Waals surface area contributed by atoms with E-state index < -0.39 is 0 Å². The molecule has 0 saturated carbocycles. The van der Waals surface area contributed by atoms with Crippen LogP contribution in [0.1, 0.15) is 40.7 Å². The molecule has 38 heavy (non-hydrogen) atoms. The van der Waals surface area contributed by atoms with Crippen LogP contribution in [-0.4, -0.2) is 79.8 Å². The maximum absolute atomic E-state index is 12.1.